The second kappa shape index (κ2) is 5.47. The molecule has 1 N–H and O–H groups in total. The van der Waals surface area contributed by atoms with E-state index in [2.05, 4.69) is 4.98 Å². The Bertz CT molecular complexity index is 632. The zero-order valence-electron chi connectivity index (χ0n) is 9.97. The predicted octanol–water partition coefficient (Wildman–Crippen LogP) is 3.37. The summed E-state index contributed by atoms with van der Waals surface area (Å²) in [5, 5.41) is 9.68. The molecule has 98 valence electrons. The van der Waals surface area contributed by atoms with Crippen LogP contribution in [-0.4, -0.2) is 23.0 Å². The van der Waals surface area contributed by atoms with Crippen molar-refractivity contribution in [2.45, 2.75) is 0 Å². The minimum absolute atomic E-state index is 0.0458. The lowest BCUT2D eigenvalue weighted by molar-refractivity contribution is 0.0993. The van der Waals surface area contributed by atoms with E-state index in [9.17, 15) is 9.90 Å². The molecule has 6 heteroatoms. The molecule has 19 heavy (non-hydrogen) atoms. The average Bonchev–Trinajstić information content (AvgIpc) is 2.37. The fourth-order valence-corrected chi connectivity index (χ4v) is 2.00. The van der Waals surface area contributed by atoms with Crippen LogP contribution in [0.5, 0.6) is 5.75 Å². The Morgan fingerprint density at radius 2 is 2.00 bits per heavy atom. The van der Waals surface area contributed by atoms with Gasteiger partial charge in [-0.25, -0.2) is 4.98 Å². The van der Waals surface area contributed by atoms with Crippen LogP contribution in [0.3, 0.4) is 0 Å². The molecule has 0 saturated heterocycles. The van der Waals surface area contributed by atoms with Crippen molar-refractivity contribution in [3.63, 3.8) is 0 Å². The van der Waals surface area contributed by atoms with Crippen LogP contribution in [0.1, 0.15) is 10.4 Å². The highest BCUT2D eigenvalue weighted by atomic mass is 35.5. The standard InChI is InChI=1S/C13H10Cl2N2O2/c1-17(8-3-2-4-9(18)7-8)13(19)10-5-6-11(14)16-12(10)15/h2-7,18H,1H3. The molecule has 0 fully saturated rings. The number of hydrogen-bond acceptors (Lipinski definition) is 3. The summed E-state index contributed by atoms with van der Waals surface area (Å²) >= 11 is 11.6. The van der Waals surface area contributed by atoms with Crippen molar-refractivity contribution >= 4 is 34.8 Å². The van der Waals surface area contributed by atoms with E-state index in [1.165, 1.54) is 29.2 Å². The Morgan fingerprint density at radius 1 is 1.26 bits per heavy atom. The summed E-state index contributed by atoms with van der Waals surface area (Å²) in [5.41, 5.74) is 0.799. The molecular formula is C13H10Cl2N2O2. The Balaban J connectivity index is 2.33. The van der Waals surface area contributed by atoms with Crippen LogP contribution in [0, 0.1) is 0 Å². The van der Waals surface area contributed by atoms with Gasteiger partial charge in [0.1, 0.15) is 16.1 Å². The Morgan fingerprint density at radius 3 is 2.63 bits per heavy atom. The largest absolute Gasteiger partial charge is 0.508 e. The van der Waals surface area contributed by atoms with E-state index >= 15 is 0 Å². The van der Waals surface area contributed by atoms with Crippen LogP contribution < -0.4 is 4.90 Å². The normalized spacial score (nSPS) is 10.3. The van der Waals surface area contributed by atoms with E-state index in [0.29, 0.717) is 5.69 Å². The summed E-state index contributed by atoms with van der Waals surface area (Å²) in [4.78, 5) is 17.5. The SMILES string of the molecule is CN(C(=O)c1ccc(Cl)nc1Cl)c1cccc(O)c1. The second-order valence-electron chi connectivity index (χ2n) is 3.86. The molecule has 0 saturated carbocycles. The van der Waals surface area contributed by atoms with E-state index in [0.717, 1.165) is 0 Å². The number of aromatic nitrogens is 1. The number of halogens is 2. The van der Waals surface area contributed by atoms with Crippen molar-refractivity contribution < 1.29 is 9.90 Å². The van der Waals surface area contributed by atoms with E-state index in [-0.39, 0.29) is 27.5 Å². The van der Waals surface area contributed by atoms with Crippen molar-refractivity contribution in [2.75, 3.05) is 11.9 Å². The number of phenolic OH excluding ortho intramolecular Hbond substituents is 1. The molecule has 0 unspecified atom stereocenters. The molecule has 0 aliphatic carbocycles. The summed E-state index contributed by atoms with van der Waals surface area (Å²) in [6.45, 7) is 0. The highest BCUT2D eigenvalue weighted by Crippen LogP contribution is 2.23. The van der Waals surface area contributed by atoms with Gasteiger partial charge in [0.25, 0.3) is 5.91 Å². The van der Waals surface area contributed by atoms with Crippen LogP contribution in [0.15, 0.2) is 36.4 Å². The number of rotatable bonds is 2. The van der Waals surface area contributed by atoms with Crippen LogP contribution in [0.25, 0.3) is 0 Å². The summed E-state index contributed by atoms with van der Waals surface area (Å²) in [7, 11) is 1.59. The van der Waals surface area contributed by atoms with Gasteiger partial charge >= 0.3 is 0 Å². The number of hydrogen-bond donors (Lipinski definition) is 1. The maximum Gasteiger partial charge on any atom is 0.261 e. The van der Waals surface area contributed by atoms with Gasteiger partial charge < -0.3 is 10.0 Å². The highest BCUT2D eigenvalue weighted by Gasteiger charge is 2.17. The first-order valence-electron chi connectivity index (χ1n) is 5.38. The molecule has 0 atom stereocenters. The minimum Gasteiger partial charge on any atom is -0.508 e. The first-order valence-corrected chi connectivity index (χ1v) is 6.14. The molecule has 0 radical (unpaired) electrons. The second-order valence-corrected chi connectivity index (χ2v) is 4.60. The van der Waals surface area contributed by atoms with Crippen LogP contribution in [-0.2, 0) is 0 Å². The maximum absolute atomic E-state index is 12.3. The van der Waals surface area contributed by atoms with Crippen molar-refractivity contribution in [3.05, 3.63) is 52.3 Å². The van der Waals surface area contributed by atoms with Crippen LogP contribution >= 0.6 is 23.2 Å². The molecule has 1 heterocycles. The van der Waals surface area contributed by atoms with Gasteiger partial charge in [-0.3, -0.25) is 4.79 Å². The number of amides is 1. The van der Waals surface area contributed by atoms with Crippen LogP contribution in [0.2, 0.25) is 10.3 Å². The molecule has 4 nitrogen and oxygen atoms in total. The van der Waals surface area contributed by atoms with E-state index < -0.39 is 0 Å². The topological polar surface area (TPSA) is 53.4 Å². The summed E-state index contributed by atoms with van der Waals surface area (Å²) < 4.78 is 0. The van der Waals surface area contributed by atoms with E-state index in [1.807, 2.05) is 0 Å². The number of aromatic hydroxyl groups is 1. The minimum atomic E-state index is -0.334. The fourth-order valence-electron chi connectivity index (χ4n) is 1.57. The lowest BCUT2D eigenvalue weighted by atomic mass is 10.2. The molecule has 1 aromatic carbocycles. The fraction of sp³-hybridized carbons (Fsp3) is 0.0769. The smallest absolute Gasteiger partial charge is 0.261 e. The summed E-state index contributed by atoms with van der Waals surface area (Å²) in [6, 6.07) is 9.37. The third kappa shape index (κ3) is 2.97. The maximum atomic E-state index is 12.3. The number of carbonyl (C=O) groups excluding carboxylic acids is 1. The Kier molecular flexibility index (Phi) is 3.93. The average molecular weight is 297 g/mol. The quantitative estimate of drug-likeness (QED) is 0.865. The number of anilines is 1. The molecule has 2 aromatic rings. The van der Waals surface area contributed by atoms with Crippen molar-refractivity contribution in [1.82, 2.24) is 4.98 Å². The van der Waals surface area contributed by atoms with Gasteiger partial charge in [0.05, 0.1) is 5.56 Å². The molecule has 1 aromatic heterocycles. The van der Waals surface area contributed by atoms with Crippen LogP contribution in [0.4, 0.5) is 5.69 Å². The van der Waals surface area contributed by atoms with Gasteiger partial charge in [-0.1, -0.05) is 29.3 Å². The van der Waals surface area contributed by atoms with Gasteiger partial charge in [0, 0.05) is 18.8 Å². The van der Waals surface area contributed by atoms with Crippen molar-refractivity contribution in [3.8, 4) is 5.75 Å². The zero-order chi connectivity index (χ0) is 14.0. The van der Waals surface area contributed by atoms with Gasteiger partial charge in [0.15, 0.2) is 0 Å². The molecule has 2 rings (SSSR count). The van der Waals surface area contributed by atoms with Crippen molar-refractivity contribution in [2.24, 2.45) is 0 Å². The van der Waals surface area contributed by atoms with Gasteiger partial charge in [-0.2, -0.15) is 0 Å². The lowest BCUT2D eigenvalue weighted by Crippen LogP contribution is -2.26. The number of carbonyl (C=O) groups is 1. The molecule has 1 amide bonds. The zero-order valence-corrected chi connectivity index (χ0v) is 11.5. The number of benzene rings is 1. The molecule has 0 aliphatic heterocycles. The van der Waals surface area contributed by atoms with E-state index in [1.54, 1.807) is 19.2 Å². The number of pyridine rings is 1. The summed E-state index contributed by atoms with van der Waals surface area (Å²) in [5.74, 6) is -0.253. The Labute approximate surface area is 120 Å². The van der Waals surface area contributed by atoms with Gasteiger partial charge in [0.2, 0.25) is 0 Å². The molecule has 0 spiro atoms. The highest BCUT2D eigenvalue weighted by molar-refractivity contribution is 6.35. The van der Waals surface area contributed by atoms with Gasteiger partial charge in [-0.15, -0.1) is 0 Å². The predicted molar refractivity (Wildman–Crippen MR) is 75.1 cm³/mol. The third-order valence-corrected chi connectivity index (χ3v) is 3.07. The lowest BCUT2D eigenvalue weighted by Gasteiger charge is -2.18. The molecule has 0 bridgehead atoms. The summed E-state index contributed by atoms with van der Waals surface area (Å²) in [6.07, 6.45) is 0. The number of nitrogens with zero attached hydrogens (tertiary/aromatic N) is 2. The third-order valence-electron chi connectivity index (χ3n) is 2.57. The number of phenols is 1. The van der Waals surface area contributed by atoms with E-state index in [4.69, 9.17) is 23.2 Å². The first kappa shape index (κ1) is 13.6. The monoisotopic (exact) mass is 296 g/mol. The molecule has 0 aliphatic rings. The van der Waals surface area contributed by atoms with Crippen molar-refractivity contribution in [1.29, 1.82) is 0 Å². The Hall–Kier alpha value is -1.78. The molecular weight excluding hydrogens is 287 g/mol. The van der Waals surface area contributed by atoms with Gasteiger partial charge in [-0.05, 0) is 24.3 Å². The first-order chi connectivity index (χ1) is 8.99.